The average molecular weight is 251 g/mol. The molecule has 0 saturated heterocycles. The van der Waals surface area contributed by atoms with Gasteiger partial charge in [0.2, 0.25) is 5.91 Å². The lowest BCUT2D eigenvalue weighted by Crippen LogP contribution is -2.28. The Morgan fingerprint density at radius 2 is 2.17 bits per heavy atom. The topological polar surface area (TPSA) is 80.3 Å². The van der Waals surface area contributed by atoms with Crippen molar-refractivity contribution in [2.24, 2.45) is 0 Å². The van der Waals surface area contributed by atoms with Gasteiger partial charge in [-0.15, -0.1) is 0 Å². The fourth-order valence-corrected chi connectivity index (χ4v) is 1.28. The molecule has 1 heterocycles. The highest BCUT2D eigenvalue weighted by molar-refractivity contribution is 5.90. The van der Waals surface area contributed by atoms with E-state index in [0.29, 0.717) is 12.4 Å². The number of carbonyl (C=O) groups is 2. The molecule has 0 radical (unpaired) electrons. The number of pyridine rings is 1. The maximum absolute atomic E-state index is 11.5. The summed E-state index contributed by atoms with van der Waals surface area (Å²) in [6.45, 7) is 4.11. The van der Waals surface area contributed by atoms with E-state index in [0.717, 1.165) is 5.69 Å². The molecule has 1 aromatic rings. The van der Waals surface area contributed by atoms with Crippen LogP contribution in [0.2, 0.25) is 0 Å². The van der Waals surface area contributed by atoms with Crippen LogP contribution in [-0.2, 0) is 9.53 Å². The molecule has 1 aromatic heterocycles. The van der Waals surface area contributed by atoms with Gasteiger partial charge in [0, 0.05) is 18.7 Å². The standard InChI is InChI=1S/C12H17N3O3/c1-3-18-12(17)13-8-7-11(16)15-10-6-4-5-9(2)14-10/h4-6H,3,7-8H2,1-2H3,(H,13,17)(H,14,15,16). The maximum Gasteiger partial charge on any atom is 0.407 e. The first-order chi connectivity index (χ1) is 8.61. The van der Waals surface area contributed by atoms with Crippen LogP contribution in [0.25, 0.3) is 0 Å². The Labute approximate surface area is 106 Å². The summed E-state index contributed by atoms with van der Waals surface area (Å²) >= 11 is 0. The molecular formula is C12H17N3O3. The van der Waals surface area contributed by atoms with Gasteiger partial charge in [-0.2, -0.15) is 0 Å². The Morgan fingerprint density at radius 3 is 2.83 bits per heavy atom. The molecule has 0 aliphatic rings. The van der Waals surface area contributed by atoms with Crippen molar-refractivity contribution in [3.05, 3.63) is 23.9 Å². The Balaban J connectivity index is 2.28. The number of anilines is 1. The summed E-state index contributed by atoms with van der Waals surface area (Å²) in [6, 6.07) is 5.37. The van der Waals surface area contributed by atoms with Crippen molar-refractivity contribution in [2.75, 3.05) is 18.5 Å². The van der Waals surface area contributed by atoms with Crippen LogP contribution in [0, 0.1) is 6.92 Å². The highest BCUT2D eigenvalue weighted by Crippen LogP contribution is 2.03. The summed E-state index contributed by atoms with van der Waals surface area (Å²) in [5, 5.41) is 5.12. The number of amides is 2. The van der Waals surface area contributed by atoms with Crippen LogP contribution in [0.3, 0.4) is 0 Å². The molecule has 2 amide bonds. The summed E-state index contributed by atoms with van der Waals surface area (Å²) in [7, 11) is 0. The Kier molecular flexibility index (Phi) is 5.63. The minimum atomic E-state index is -0.515. The lowest BCUT2D eigenvalue weighted by atomic mass is 10.3. The summed E-state index contributed by atoms with van der Waals surface area (Å²) in [5.41, 5.74) is 0.831. The zero-order valence-electron chi connectivity index (χ0n) is 10.5. The van der Waals surface area contributed by atoms with Gasteiger partial charge in [0.1, 0.15) is 5.82 Å². The molecule has 98 valence electrons. The monoisotopic (exact) mass is 251 g/mol. The van der Waals surface area contributed by atoms with Gasteiger partial charge in [0.05, 0.1) is 6.61 Å². The number of nitrogens with zero attached hydrogens (tertiary/aromatic N) is 1. The van der Waals surface area contributed by atoms with E-state index in [2.05, 4.69) is 20.4 Å². The highest BCUT2D eigenvalue weighted by Gasteiger charge is 2.05. The molecule has 0 aromatic carbocycles. The maximum atomic E-state index is 11.5. The fourth-order valence-electron chi connectivity index (χ4n) is 1.28. The molecule has 6 nitrogen and oxygen atoms in total. The van der Waals surface area contributed by atoms with Crippen molar-refractivity contribution in [1.29, 1.82) is 0 Å². The minimum Gasteiger partial charge on any atom is -0.450 e. The number of alkyl carbamates (subject to hydrolysis) is 1. The van der Waals surface area contributed by atoms with E-state index in [9.17, 15) is 9.59 Å². The molecule has 0 unspecified atom stereocenters. The first-order valence-electron chi connectivity index (χ1n) is 5.76. The lowest BCUT2D eigenvalue weighted by Gasteiger charge is -2.06. The molecule has 2 N–H and O–H groups in total. The van der Waals surface area contributed by atoms with Crippen molar-refractivity contribution in [1.82, 2.24) is 10.3 Å². The van der Waals surface area contributed by atoms with Crippen LogP contribution in [0.4, 0.5) is 10.6 Å². The van der Waals surface area contributed by atoms with Gasteiger partial charge in [-0.05, 0) is 26.0 Å². The van der Waals surface area contributed by atoms with Crippen LogP contribution in [0.5, 0.6) is 0 Å². The van der Waals surface area contributed by atoms with Crippen molar-refractivity contribution in [3.8, 4) is 0 Å². The van der Waals surface area contributed by atoms with Crippen LogP contribution in [0.1, 0.15) is 19.0 Å². The second kappa shape index (κ2) is 7.26. The van der Waals surface area contributed by atoms with Crippen LogP contribution < -0.4 is 10.6 Å². The van der Waals surface area contributed by atoms with Gasteiger partial charge in [0.25, 0.3) is 0 Å². The van der Waals surface area contributed by atoms with Gasteiger partial charge in [0.15, 0.2) is 0 Å². The number of aryl methyl sites for hydroxylation is 1. The molecular weight excluding hydrogens is 234 g/mol. The zero-order chi connectivity index (χ0) is 13.4. The SMILES string of the molecule is CCOC(=O)NCCC(=O)Nc1cccc(C)n1. The molecule has 6 heteroatoms. The molecule has 0 spiro atoms. The van der Waals surface area contributed by atoms with Gasteiger partial charge in [-0.25, -0.2) is 9.78 Å². The summed E-state index contributed by atoms with van der Waals surface area (Å²) in [5.74, 6) is 0.307. The summed E-state index contributed by atoms with van der Waals surface area (Å²) in [4.78, 5) is 26.6. The third-order valence-electron chi connectivity index (χ3n) is 2.05. The number of aromatic nitrogens is 1. The van der Waals surface area contributed by atoms with E-state index in [-0.39, 0.29) is 18.9 Å². The average Bonchev–Trinajstić information content (AvgIpc) is 2.29. The number of rotatable bonds is 5. The number of ether oxygens (including phenoxy) is 1. The lowest BCUT2D eigenvalue weighted by molar-refractivity contribution is -0.116. The van der Waals surface area contributed by atoms with Gasteiger partial charge in [-0.1, -0.05) is 6.07 Å². The van der Waals surface area contributed by atoms with Crippen LogP contribution in [-0.4, -0.2) is 30.1 Å². The van der Waals surface area contributed by atoms with E-state index in [1.807, 2.05) is 19.1 Å². The molecule has 0 aliphatic carbocycles. The molecule has 0 saturated carbocycles. The Morgan fingerprint density at radius 1 is 1.39 bits per heavy atom. The van der Waals surface area contributed by atoms with Crippen LogP contribution >= 0.6 is 0 Å². The predicted molar refractivity (Wildman–Crippen MR) is 67.2 cm³/mol. The Hall–Kier alpha value is -2.11. The first-order valence-corrected chi connectivity index (χ1v) is 5.76. The zero-order valence-corrected chi connectivity index (χ0v) is 10.5. The molecule has 0 fully saturated rings. The number of nitrogens with one attached hydrogen (secondary N) is 2. The number of carbonyl (C=O) groups excluding carboxylic acids is 2. The molecule has 0 atom stereocenters. The fraction of sp³-hybridized carbons (Fsp3) is 0.417. The third kappa shape index (κ3) is 5.29. The number of hydrogen-bond acceptors (Lipinski definition) is 4. The molecule has 1 rings (SSSR count). The second-order valence-corrected chi connectivity index (χ2v) is 3.61. The number of hydrogen-bond donors (Lipinski definition) is 2. The highest BCUT2D eigenvalue weighted by atomic mass is 16.5. The molecule has 0 aliphatic heterocycles. The summed E-state index contributed by atoms with van der Waals surface area (Å²) in [6.07, 6.45) is -0.340. The van der Waals surface area contributed by atoms with Crippen molar-refractivity contribution < 1.29 is 14.3 Å². The predicted octanol–water partition coefficient (Wildman–Crippen LogP) is 1.46. The molecule has 18 heavy (non-hydrogen) atoms. The third-order valence-corrected chi connectivity index (χ3v) is 2.05. The molecule has 0 bridgehead atoms. The van der Waals surface area contributed by atoms with Crippen molar-refractivity contribution in [3.63, 3.8) is 0 Å². The first kappa shape index (κ1) is 14.0. The van der Waals surface area contributed by atoms with Crippen LogP contribution in [0.15, 0.2) is 18.2 Å². The second-order valence-electron chi connectivity index (χ2n) is 3.61. The van der Waals surface area contributed by atoms with E-state index >= 15 is 0 Å². The minimum absolute atomic E-state index is 0.175. The van der Waals surface area contributed by atoms with Gasteiger partial charge < -0.3 is 15.4 Å². The van der Waals surface area contributed by atoms with Gasteiger partial charge >= 0.3 is 6.09 Å². The van der Waals surface area contributed by atoms with E-state index in [4.69, 9.17) is 0 Å². The summed E-state index contributed by atoms with van der Waals surface area (Å²) < 4.78 is 4.66. The quantitative estimate of drug-likeness (QED) is 0.830. The van der Waals surface area contributed by atoms with Gasteiger partial charge in [-0.3, -0.25) is 4.79 Å². The van der Waals surface area contributed by atoms with E-state index in [1.165, 1.54) is 0 Å². The normalized spacial score (nSPS) is 9.67. The smallest absolute Gasteiger partial charge is 0.407 e. The Bertz CT molecular complexity index is 421. The largest absolute Gasteiger partial charge is 0.450 e. The van der Waals surface area contributed by atoms with Crippen molar-refractivity contribution >= 4 is 17.8 Å². The van der Waals surface area contributed by atoms with E-state index < -0.39 is 6.09 Å². The van der Waals surface area contributed by atoms with E-state index in [1.54, 1.807) is 13.0 Å². The van der Waals surface area contributed by atoms with Crippen molar-refractivity contribution in [2.45, 2.75) is 20.3 Å².